The van der Waals surface area contributed by atoms with Gasteiger partial charge in [-0.05, 0) is 49.0 Å². The first-order valence-electron chi connectivity index (χ1n) is 8.57. The molecule has 1 aromatic rings. The number of hydrogen-bond acceptors (Lipinski definition) is 2. The van der Waals surface area contributed by atoms with Crippen LogP contribution < -0.4 is 5.32 Å². The lowest BCUT2D eigenvalue weighted by Crippen LogP contribution is -2.38. The van der Waals surface area contributed by atoms with Gasteiger partial charge in [0.1, 0.15) is 0 Å². The Bertz CT molecular complexity index is 410. The van der Waals surface area contributed by atoms with Gasteiger partial charge in [-0.3, -0.25) is 0 Å². The van der Waals surface area contributed by atoms with Crippen molar-refractivity contribution in [1.82, 2.24) is 10.2 Å². The molecular weight excluding hydrogens is 256 g/mol. The smallest absolute Gasteiger partial charge is 0.0449 e. The molecule has 0 aliphatic carbocycles. The molecule has 2 rings (SSSR count). The molecule has 2 heteroatoms. The standard InChI is InChI=1S/C19H32N2/c1-5-20-18(15-21-13-7-6-8-14-21)16-9-11-17(12-10-16)19(2,3)4/h9-12,18,20H,5-8,13-15H2,1-4H3. The van der Waals surface area contributed by atoms with Gasteiger partial charge in [-0.15, -0.1) is 0 Å². The molecule has 1 aliphatic rings. The summed E-state index contributed by atoms with van der Waals surface area (Å²) in [5.41, 5.74) is 3.08. The van der Waals surface area contributed by atoms with E-state index in [-0.39, 0.29) is 5.41 Å². The molecule has 1 saturated heterocycles. The van der Waals surface area contributed by atoms with Crippen LogP contribution in [0.4, 0.5) is 0 Å². The van der Waals surface area contributed by atoms with Crippen molar-refractivity contribution in [3.05, 3.63) is 35.4 Å². The van der Waals surface area contributed by atoms with Crippen LogP contribution in [0.3, 0.4) is 0 Å². The lowest BCUT2D eigenvalue weighted by Gasteiger charge is -2.31. The monoisotopic (exact) mass is 288 g/mol. The predicted molar refractivity (Wildman–Crippen MR) is 91.9 cm³/mol. The summed E-state index contributed by atoms with van der Waals surface area (Å²) in [6, 6.07) is 9.70. The first-order valence-corrected chi connectivity index (χ1v) is 8.57. The van der Waals surface area contributed by atoms with E-state index in [0.29, 0.717) is 6.04 Å². The van der Waals surface area contributed by atoms with Gasteiger partial charge >= 0.3 is 0 Å². The fraction of sp³-hybridized carbons (Fsp3) is 0.684. The molecule has 1 atom stereocenters. The third-order valence-corrected chi connectivity index (χ3v) is 4.52. The van der Waals surface area contributed by atoms with Crippen LogP contribution in [0, 0.1) is 0 Å². The maximum Gasteiger partial charge on any atom is 0.0449 e. The van der Waals surface area contributed by atoms with Crippen molar-refractivity contribution >= 4 is 0 Å². The number of rotatable bonds is 5. The average Bonchev–Trinajstić information content (AvgIpc) is 2.47. The van der Waals surface area contributed by atoms with Gasteiger partial charge in [0.25, 0.3) is 0 Å². The Labute approximate surface area is 130 Å². The van der Waals surface area contributed by atoms with E-state index in [4.69, 9.17) is 0 Å². The Morgan fingerprint density at radius 2 is 1.67 bits per heavy atom. The highest BCUT2D eigenvalue weighted by Gasteiger charge is 2.18. The maximum atomic E-state index is 3.66. The van der Waals surface area contributed by atoms with Gasteiger partial charge in [0, 0.05) is 12.6 Å². The minimum Gasteiger partial charge on any atom is -0.309 e. The van der Waals surface area contributed by atoms with Crippen molar-refractivity contribution < 1.29 is 0 Å². The number of likely N-dealkylation sites (tertiary alicyclic amines) is 1. The van der Waals surface area contributed by atoms with Crippen LogP contribution in [0.15, 0.2) is 24.3 Å². The highest BCUT2D eigenvalue weighted by Crippen LogP contribution is 2.24. The highest BCUT2D eigenvalue weighted by molar-refractivity contribution is 5.29. The summed E-state index contributed by atoms with van der Waals surface area (Å²) in [5, 5.41) is 3.66. The summed E-state index contributed by atoms with van der Waals surface area (Å²) in [6.45, 7) is 13.7. The number of hydrogen-bond donors (Lipinski definition) is 1. The van der Waals surface area contributed by atoms with Crippen LogP contribution in [0.1, 0.15) is 64.1 Å². The molecule has 0 saturated carbocycles. The zero-order valence-corrected chi connectivity index (χ0v) is 14.3. The van der Waals surface area contributed by atoms with Gasteiger partial charge < -0.3 is 10.2 Å². The molecule has 0 spiro atoms. The second-order valence-corrected chi connectivity index (χ2v) is 7.34. The van der Waals surface area contributed by atoms with Gasteiger partial charge in [0.05, 0.1) is 0 Å². The summed E-state index contributed by atoms with van der Waals surface area (Å²) in [5.74, 6) is 0. The third-order valence-electron chi connectivity index (χ3n) is 4.52. The molecule has 21 heavy (non-hydrogen) atoms. The summed E-state index contributed by atoms with van der Waals surface area (Å²) in [4.78, 5) is 2.62. The van der Waals surface area contributed by atoms with E-state index in [0.717, 1.165) is 13.1 Å². The highest BCUT2D eigenvalue weighted by atomic mass is 15.1. The number of benzene rings is 1. The first-order chi connectivity index (χ1) is 10.0. The Morgan fingerprint density at radius 3 is 2.19 bits per heavy atom. The van der Waals surface area contributed by atoms with Crippen molar-refractivity contribution in [1.29, 1.82) is 0 Å². The summed E-state index contributed by atoms with van der Waals surface area (Å²) in [6.07, 6.45) is 4.13. The second-order valence-electron chi connectivity index (χ2n) is 7.34. The average molecular weight is 288 g/mol. The van der Waals surface area contributed by atoms with Crippen LogP contribution in [0.25, 0.3) is 0 Å². The van der Waals surface area contributed by atoms with E-state index in [9.17, 15) is 0 Å². The third kappa shape index (κ3) is 4.82. The van der Waals surface area contributed by atoms with E-state index in [1.807, 2.05) is 0 Å². The van der Waals surface area contributed by atoms with Gasteiger partial charge in [-0.1, -0.05) is 58.4 Å². The molecule has 0 amide bonds. The Morgan fingerprint density at radius 1 is 1.05 bits per heavy atom. The number of likely N-dealkylation sites (N-methyl/N-ethyl adjacent to an activating group) is 1. The molecule has 2 nitrogen and oxygen atoms in total. The van der Waals surface area contributed by atoms with E-state index in [1.165, 1.54) is 43.5 Å². The Hall–Kier alpha value is -0.860. The SMILES string of the molecule is CCNC(CN1CCCCC1)c1ccc(C(C)(C)C)cc1. The van der Waals surface area contributed by atoms with Crippen molar-refractivity contribution in [2.45, 2.75) is 58.4 Å². The summed E-state index contributed by atoms with van der Waals surface area (Å²) in [7, 11) is 0. The molecule has 1 N–H and O–H groups in total. The Kier molecular flexibility index (Phi) is 5.83. The van der Waals surface area contributed by atoms with E-state index < -0.39 is 0 Å². The topological polar surface area (TPSA) is 15.3 Å². The molecule has 1 heterocycles. The van der Waals surface area contributed by atoms with Crippen molar-refractivity contribution in [3.8, 4) is 0 Å². The lowest BCUT2D eigenvalue weighted by molar-refractivity contribution is 0.206. The number of nitrogens with zero attached hydrogens (tertiary/aromatic N) is 1. The minimum atomic E-state index is 0.235. The largest absolute Gasteiger partial charge is 0.309 e. The molecule has 1 fully saturated rings. The second kappa shape index (κ2) is 7.42. The fourth-order valence-corrected chi connectivity index (χ4v) is 3.15. The van der Waals surface area contributed by atoms with Crippen molar-refractivity contribution in [2.24, 2.45) is 0 Å². The minimum absolute atomic E-state index is 0.235. The zero-order valence-electron chi connectivity index (χ0n) is 14.3. The molecule has 0 radical (unpaired) electrons. The van der Waals surface area contributed by atoms with Crippen LogP contribution >= 0.6 is 0 Å². The number of nitrogens with one attached hydrogen (secondary N) is 1. The van der Waals surface area contributed by atoms with E-state index in [1.54, 1.807) is 0 Å². The molecule has 1 unspecified atom stereocenters. The molecule has 0 bridgehead atoms. The van der Waals surface area contributed by atoms with Crippen molar-refractivity contribution in [2.75, 3.05) is 26.2 Å². The molecule has 0 aromatic heterocycles. The quantitative estimate of drug-likeness (QED) is 0.876. The van der Waals surface area contributed by atoms with Gasteiger partial charge in [-0.25, -0.2) is 0 Å². The lowest BCUT2D eigenvalue weighted by atomic mass is 9.86. The molecule has 118 valence electrons. The van der Waals surface area contributed by atoms with E-state index in [2.05, 4.69) is 62.2 Å². The van der Waals surface area contributed by atoms with Crippen LogP contribution in [0.5, 0.6) is 0 Å². The van der Waals surface area contributed by atoms with Crippen LogP contribution in [0.2, 0.25) is 0 Å². The first kappa shape index (κ1) is 16.5. The van der Waals surface area contributed by atoms with Gasteiger partial charge in [0.15, 0.2) is 0 Å². The van der Waals surface area contributed by atoms with Crippen molar-refractivity contribution in [3.63, 3.8) is 0 Å². The van der Waals surface area contributed by atoms with Gasteiger partial charge in [0.2, 0.25) is 0 Å². The summed E-state index contributed by atoms with van der Waals surface area (Å²) >= 11 is 0. The molecule has 1 aliphatic heterocycles. The fourth-order valence-electron chi connectivity index (χ4n) is 3.15. The predicted octanol–water partition coefficient (Wildman–Crippen LogP) is 4.12. The van der Waals surface area contributed by atoms with Crippen LogP contribution in [-0.2, 0) is 5.41 Å². The van der Waals surface area contributed by atoms with Crippen LogP contribution in [-0.4, -0.2) is 31.1 Å². The van der Waals surface area contributed by atoms with Gasteiger partial charge in [-0.2, -0.15) is 0 Å². The molecular formula is C19H32N2. The number of piperidine rings is 1. The Balaban J connectivity index is 2.06. The maximum absolute atomic E-state index is 3.66. The zero-order chi connectivity index (χ0) is 15.3. The van der Waals surface area contributed by atoms with E-state index >= 15 is 0 Å². The summed E-state index contributed by atoms with van der Waals surface area (Å²) < 4.78 is 0. The molecule has 1 aromatic carbocycles. The normalized spacial score (nSPS) is 18.7.